The molecule has 298 valence electrons. The summed E-state index contributed by atoms with van der Waals surface area (Å²) in [5.41, 5.74) is 15.4. The van der Waals surface area contributed by atoms with E-state index in [1.54, 1.807) is 0 Å². The average Bonchev–Trinajstić information content (AvgIpc) is 3.95. The molecule has 0 aliphatic carbocycles. The van der Waals surface area contributed by atoms with Crippen LogP contribution in [0.3, 0.4) is 0 Å². The normalized spacial score (nSPS) is 13.3. The van der Waals surface area contributed by atoms with Gasteiger partial charge in [0.25, 0.3) is 0 Å². The van der Waals surface area contributed by atoms with E-state index in [0.29, 0.717) is 0 Å². The molecule has 0 aliphatic rings. The largest absolute Gasteiger partial charge is 0.308 e. The summed E-state index contributed by atoms with van der Waals surface area (Å²) in [5, 5.41) is 11.3. The summed E-state index contributed by atoms with van der Waals surface area (Å²) >= 11 is 0. The molecule has 0 fully saturated rings. The summed E-state index contributed by atoms with van der Waals surface area (Å²) in [7, 11) is 0. The number of aromatic nitrogens is 3. The second kappa shape index (κ2) is 12.0. The quantitative estimate of drug-likeness (QED) is 0.178. The molecule has 5 heterocycles. The number of para-hydroxylation sites is 2. The fraction of sp³-hybridized carbons (Fsp3) is 0.211. The Morgan fingerprint density at radius 3 is 1.59 bits per heavy atom. The lowest BCUT2D eigenvalue weighted by Crippen LogP contribution is -2.11. The first-order chi connectivity index (χ1) is 29.2. The van der Waals surface area contributed by atoms with E-state index in [2.05, 4.69) is 216 Å². The van der Waals surface area contributed by atoms with E-state index in [4.69, 9.17) is 4.98 Å². The molecule has 5 aromatic heterocycles. The monoisotopic (exact) mass is 790 g/mol. The minimum Gasteiger partial charge on any atom is -0.308 e. The van der Waals surface area contributed by atoms with E-state index in [-0.39, 0.29) is 16.2 Å². The Balaban J connectivity index is 1.32. The van der Waals surface area contributed by atoms with Crippen molar-refractivity contribution in [2.45, 2.75) is 78.6 Å². The highest BCUT2D eigenvalue weighted by Crippen LogP contribution is 2.51. The van der Waals surface area contributed by atoms with Crippen LogP contribution in [0.25, 0.3) is 87.2 Å². The number of pyridine rings is 1. The van der Waals surface area contributed by atoms with Crippen LogP contribution < -0.4 is 4.90 Å². The predicted octanol–water partition coefficient (Wildman–Crippen LogP) is 15.9. The van der Waals surface area contributed by atoms with Crippen molar-refractivity contribution in [2.75, 3.05) is 4.90 Å². The summed E-state index contributed by atoms with van der Waals surface area (Å²) in [6.45, 7) is 20.9. The molecule has 7 aromatic carbocycles. The molecule has 0 radical (unpaired) electrons. The Morgan fingerprint density at radius 2 is 0.951 bits per heavy atom. The lowest BCUT2D eigenvalue weighted by Gasteiger charge is -2.27. The van der Waals surface area contributed by atoms with Crippen LogP contribution in [0.4, 0.5) is 17.1 Å². The molecule has 0 spiro atoms. The molecule has 4 heteroatoms. The van der Waals surface area contributed by atoms with Gasteiger partial charge >= 0.3 is 0 Å². The summed E-state index contributed by atoms with van der Waals surface area (Å²) in [5.74, 6) is 0. The fourth-order valence-corrected chi connectivity index (χ4v) is 10.3. The van der Waals surface area contributed by atoms with E-state index < -0.39 is 0 Å². The van der Waals surface area contributed by atoms with Crippen LogP contribution in [0.15, 0.2) is 140 Å². The van der Waals surface area contributed by atoms with Gasteiger partial charge in [0.1, 0.15) is 5.65 Å². The molecule has 0 bridgehead atoms. The minimum absolute atomic E-state index is 0.0396. The zero-order valence-corrected chi connectivity index (χ0v) is 36.6. The molecule has 0 saturated carbocycles. The third-order valence-corrected chi connectivity index (χ3v) is 13.5. The van der Waals surface area contributed by atoms with E-state index in [9.17, 15) is 0 Å². The zero-order chi connectivity index (χ0) is 41.9. The van der Waals surface area contributed by atoms with Gasteiger partial charge < -0.3 is 9.30 Å². The predicted molar refractivity (Wildman–Crippen MR) is 262 cm³/mol. The molecule has 0 N–H and O–H groups in total. The van der Waals surface area contributed by atoms with Crippen molar-refractivity contribution in [3.8, 4) is 0 Å². The molecule has 0 atom stereocenters. The van der Waals surface area contributed by atoms with Gasteiger partial charge in [0.15, 0.2) is 0 Å². The molecule has 61 heavy (non-hydrogen) atoms. The molecule has 12 aromatic rings. The first-order valence-electron chi connectivity index (χ1n) is 21.8. The van der Waals surface area contributed by atoms with Gasteiger partial charge in [0, 0.05) is 49.1 Å². The molecule has 0 unspecified atom stereocenters. The first-order valence-corrected chi connectivity index (χ1v) is 21.8. The van der Waals surface area contributed by atoms with Gasteiger partial charge in [-0.2, -0.15) is 0 Å². The van der Waals surface area contributed by atoms with Crippen molar-refractivity contribution in [3.63, 3.8) is 0 Å². The average molecular weight is 791 g/mol. The summed E-state index contributed by atoms with van der Waals surface area (Å²) < 4.78 is 5.04. The Hall–Kier alpha value is -6.65. The summed E-state index contributed by atoms with van der Waals surface area (Å²) in [6, 6.07) is 52.4. The topological polar surface area (TPSA) is 24.9 Å². The first kappa shape index (κ1) is 36.2. The van der Waals surface area contributed by atoms with Gasteiger partial charge in [-0.3, -0.25) is 4.40 Å². The van der Waals surface area contributed by atoms with Gasteiger partial charge in [0.05, 0.1) is 38.8 Å². The van der Waals surface area contributed by atoms with Gasteiger partial charge in [-0.05, 0) is 117 Å². The van der Waals surface area contributed by atoms with Crippen LogP contribution in [-0.4, -0.2) is 13.8 Å². The van der Waals surface area contributed by atoms with Crippen LogP contribution in [0.5, 0.6) is 0 Å². The van der Waals surface area contributed by atoms with Crippen molar-refractivity contribution in [1.82, 2.24) is 13.8 Å². The molecule has 4 nitrogen and oxygen atoms in total. The van der Waals surface area contributed by atoms with E-state index in [0.717, 1.165) is 33.7 Å². The van der Waals surface area contributed by atoms with Crippen molar-refractivity contribution < 1.29 is 0 Å². The van der Waals surface area contributed by atoms with Gasteiger partial charge in [-0.1, -0.05) is 129 Å². The van der Waals surface area contributed by atoms with E-state index in [1.807, 2.05) is 0 Å². The van der Waals surface area contributed by atoms with Crippen LogP contribution in [0, 0.1) is 0 Å². The Labute approximate surface area is 356 Å². The third kappa shape index (κ3) is 5.02. The molecule has 12 rings (SSSR count). The Bertz CT molecular complexity index is 3690. The SMILES string of the molecule is CC(C)(C)c1ccc2c(c1)c1cc(C(C)(C)C)cc3c4nc5c(cc4n2c13)c1cc(C(C)(C)C)cc2c3c4ccccc4cc(N(c4ccccc4)c4ccccc4)c3n5c12. The molecule has 0 amide bonds. The van der Waals surface area contributed by atoms with Gasteiger partial charge in [-0.25, -0.2) is 4.98 Å². The maximum atomic E-state index is 5.94. The second-order valence-electron chi connectivity index (χ2n) is 20.6. The van der Waals surface area contributed by atoms with Gasteiger partial charge in [-0.15, -0.1) is 0 Å². The molecule has 0 saturated heterocycles. The van der Waals surface area contributed by atoms with Crippen LogP contribution in [-0.2, 0) is 16.2 Å². The smallest absolute Gasteiger partial charge is 0.146 e. The highest BCUT2D eigenvalue weighted by molar-refractivity contribution is 6.32. The van der Waals surface area contributed by atoms with Gasteiger partial charge in [0.2, 0.25) is 0 Å². The van der Waals surface area contributed by atoms with Crippen molar-refractivity contribution in [1.29, 1.82) is 0 Å². The Kier molecular flexibility index (Phi) is 7.13. The lowest BCUT2D eigenvalue weighted by molar-refractivity contribution is 0.590. The third-order valence-electron chi connectivity index (χ3n) is 13.5. The highest BCUT2D eigenvalue weighted by atomic mass is 15.2. The molecular weight excluding hydrogens is 741 g/mol. The number of hydrogen-bond acceptors (Lipinski definition) is 2. The standard InChI is InChI=1S/C57H50N4/c1-55(2,3)34-24-25-46-40(27-34)41-28-36(57(7,8)9)31-45-50-47(60(46)52(41)45)32-43-42-29-35(56(4,5)6)30-44-49-39-23-17-16-18-33(39)26-48(53(49)61(51(42)44)54(43)58-50)59(37-19-12-10-13-20-37)38-21-14-11-15-22-38/h10-32H,1-9H3. The van der Waals surface area contributed by atoms with Crippen LogP contribution in [0.1, 0.15) is 79.0 Å². The molecular formula is C57H50N4. The van der Waals surface area contributed by atoms with Crippen molar-refractivity contribution >= 4 is 104 Å². The summed E-state index contributed by atoms with van der Waals surface area (Å²) in [6.07, 6.45) is 0. The van der Waals surface area contributed by atoms with Crippen LogP contribution in [0.2, 0.25) is 0 Å². The number of rotatable bonds is 3. The van der Waals surface area contributed by atoms with Crippen molar-refractivity contribution in [2.24, 2.45) is 0 Å². The van der Waals surface area contributed by atoms with E-state index in [1.165, 1.54) is 87.2 Å². The minimum atomic E-state index is -0.0767. The number of nitrogens with zero attached hydrogens (tertiary/aromatic N) is 4. The maximum absolute atomic E-state index is 5.94. The number of hydrogen-bond donors (Lipinski definition) is 0. The highest BCUT2D eigenvalue weighted by Gasteiger charge is 2.30. The summed E-state index contributed by atoms with van der Waals surface area (Å²) in [4.78, 5) is 8.37. The number of fused-ring (bicyclic) bond motifs is 14. The number of anilines is 3. The Morgan fingerprint density at radius 1 is 0.410 bits per heavy atom. The van der Waals surface area contributed by atoms with Crippen LogP contribution >= 0.6 is 0 Å². The fourth-order valence-electron chi connectivity index (χ4n) is 10.3. The maximum Gasteiger partial charge on any atom is 0.146 e. The zero-order valence-electron chi connectivity index (χ0n) is 36.6. The lowest BCUT2D eigenvalue weighted by atomic mass is 9.84. The number of benzene rings is 7. The van der Waals surface area contributed by atoms with Crippen molar-refractivity contribution in [3.05, 3.63) is 156 Å². The second-order valence-corrected chi connectivity index (χ2v) is 20.6. The van der Waals surface area contributed by atoms with E-state index >= 15 is 0 Å². The molecule has 0 aliphatic heterocycles.